The lowest BCUT2D eigenvalue weighted by Crippen LogP contribution is -2.15. The van der Waals surface area contributed by atoms with Gasteiger partial charge in [0.15, 0.2) is 5.82 Å². The Morgan fingerprint density at radius 3 is 2.40 bits per heavy atom. The van der Waals surface area contributed by atoms with Crippen LogP contribution in [0.2, 0.25) is 0 Å². The molecule has 0 aliphatic carbocycles. The summed E-state index contributed by atoms with van der Waals surface area (Å²) in [4.78, 5) is 11.9. The topological polar surface area (TPSA) is 55.1 Å². The fraction of sp³-hybridized carbons (Fsp3) is 0.0714. The van der Waals surface area contributed by atoms with Crippen molar-refractivity contribution in [1.82, 2.24) is 0 Å². The predicted octanol–water partition coefficient (Wildman–Crippen LogP) is 3.25. The van der Waals surface area contributed by atoms with Crippen LogP contribution in [0.1, 0.15) is 15.9 Å². The first-order chi connectivity index (χ1) is 9.38. The zero-order valence-electron chi connectivity index (χ0n) is 10.5. The van der Waals surface area contributed by atoms with Crippen LogP contribution < -0.4 is 11.1 Å². The number of carbonyl (C=O) groups is 1. The van der Waals surface area contributed by atoms with Crippen LogP contribution in [0.5, 0.6) is 0 Å². The number of hydrogen-bond donors (Lipinski definition) is 2. The van der Waals surface area contributed by atoms with E-state index in [0.717, 1.165) is 12.1 Å². The highest BCUT2D eigenvalue weighted by molar-refractivity contribution is 6.05. The van der Waals surface area contributed by atoms with Gasteiger partial charge in [0.25, 0.3) is 5.91 Å². The molecule has 0 radical (unpaired) electrons. The van der Waals surface area contributed by atoms with Crippen molar-refractivity contribution in [2.24, 2.45) is 0 Å². The molecule has 0 atom stereocenters. The van der Waals surface area contributed by atoms with Crippen LogP contribution in [0.25, 0.3) is 0 Å². The molecule has 20 heavy (non-hydrogen) atoms. The molecule has 0 aliphatic heterocycles. The number of nitrogens with two attached hydrogens (primary N) is 1. The summed E-state index contributed by atoms with van der Waals surface area (Å²) in [5.74, 6) is -3.13. The van der Waals surface area contributed by atoms with Gasteiger partial charge in [-0.15, -0.1) is 0 Å². The monoisotopic (exact) mass is 280 g/mol. The summed E-state index contributed by atoms with van der Waals surface area (Å²) in [5, 5.41) is 2.20. The number of anilines is 2. The van der Waals surface area contributed by atoms with Gasteiger partial charge in [-0.25, -0.2) is 13.2 Å². The van der Waals surface area contributed by atoms with Gasteiger partial charge in [-0.2, -0.15) is 0 Å². The quantitative estimate of drug-likeness (QED) is 0.830. The van der Waals surface area contributed by atoms with Gasteiger partial charge in [0.05, 0.1) is 5.69 Å². The summed E-state index contributed by atoms with van der Waals surface area (Å²) in [6, 6.07) is 5.33. The summed E-state index contributed by atoms with van der Waals surface area (Å²) < 4.78 is 39.8. The van der Waals surface area contributed by atoms with E-state index in [1.165, 1.54) is 12.1 Å². The molecule has 0 fully saturated rings. The lowest BCUT2D eigenvalue weighted by Gasteiger charge is -2.10. The van der Waals surface area contributed by atoms with Crippen LogP contribution >= 0.6 is 0 Å². The molecule has 0 bridgehead atoms. The smallest absolute Gasteiger partial charge is 0.255 e. The maximum atomic E-state index is 13.5. The molecule has 3 nitrogen and oxygen atoms in total. The lowest BCUT2D eigenvalue weighted by molar-refractivity contribution is 0.102. The van der Waals surface area contributed by atoms with Crippen molar-refractivity contribution in [3.63, 3.8) is 0 Å². The summed E-state index contributed by atoms with van der Waals surface area (Å²) in [6.45, 7) is 1.55. The molecule has 0 spiro atoms. The Balaban J connectivity index is 2.30. The second-order valence-corrected chi connectivity index (χ2v) is 4.27. The average molecular weight is 280 g/mol. The number of aryl methyl sites for hydroxylation is 1. The van der Waals surface area contributed by atoms with E-state index in [9.17, 15) is 18.0 Å². The van der Waals surface area contributed by atoms with Crippen molar-refractivity contribution >= 4 is 17.3 Å². The van der Waals surface area contributed by atoms with Gasteiger partial charge < -0.3 is 11.1 Å². The predicted molar refractivity (Wildman–Crippen MR) is 69.9 cm³/mol. The Hall–Kier alpha value is -2.50. The standard InChI is InChI=1S/C14H11F3N2O/c1-7-2-3-8(4-10(7)16)14(20)19-13-11(17)5-9(15)6-12(13)18/h2-6H,18H2,1H3,(H,19,20). The van der Waals surface area contributed by atoms with E-state index in [1.54, 1.807) is 6.92 Å². The first kappa shape index (κ1) is 13.9. The van der Waals surface area contributed by atoms with Crippen molar-refractivity contribution in [1.29, 1.82) is 0 Å². The molecule has 0 saturated carbocycles. The van der Waals surface area contributed by atoms with Crippen molar-refractivity contribution < 1.29 is 18.0 Å². The molecule has 2 aromatic rings. The number of amides is 1. The number of nitrogens with one attached hydrogen (secondary N) is 1. The molecule has 3 N–H and O–H groups in total. The van der Waals surface area contributed by atoms with Gasteiger partial charge in [-0.1, -0.05) is 6.07 Å². The van der Waals surface area contributed by atoms with Gasteiger partial charge in [-0.3, -0.25) is 4.79 Å². The molecule has 0 aromatic heterocycles. The molecule has 2 aromatic carbocycles. The van der Waals surface area contributed by atoms with Crippen LogP contribution in [-0.2, 0) is 0 Å². The van der Waals surface area contributed by atoms with Crippen molar-refractivity contribution in [3.05, 3.63) is 58.9 Å². The van der Waals surface area contributed by atoms with Crippen molar-refractivity contribution in [3.8, 4) is 0 Å². The molecule has 0 heterocycles. The second-order valence-electron chi connectivity index (χ2n) is 4.27. The summed E-state index contributed by atoms with van der Waals surface area (Å²) in [6.07, 6.45) is 0. The van der Waals surface area contributed by atoms with Crippen molar-refractivity contribution in [2.75, 3.05) is 11.1 Å². The van der Waals surface area contributed by atoms with E-state index in [1.807, 2.05) is 0 Å². The Morgan fingerprint density at radius 2 is 1.80 bits per heavy atom. The number of carbonyl (C=O) groups excluding carboxylic acids is 1. The van der Waals surface area contributed by atoms with Crippen LogP contribution in [0.15, 0.2) is 30.3 Å². The van der Waals surface area contributed by atoms with Crippen LogP contribution in [0.3, 0.4) is 0 Å². The molecule has 0 unspecified atom stereocenters. The number of rotatable bonds is 2. The number of benzene rings is 2. The minimum atomic E-state index is -0.997. The fourth-order valence-corrected chi connectivity index (χ4v) is 1.65. The number of hydrogen-bond acceptors (Lipinski definition) is 2. The molecule has 104 valence electrons. The molecule has 0 aliphatic rings. The maximum Gasteiger partial charge on any atom is 0.255 e. The molecular weight excluding hydrogens is 269 g/mol. The van der Waals surface area contributed by atoms with E-state index < -0.39 is 23.4 Å². The van der Waals surface area contributed by atoms with E-state index in [4.69, 9.17) is 5.73 Å². The highest BCUT2D eigenvalue weighted by Crippen LogP contribution is 2.24. The lowest BCUT2D eigenvalue weighted by atomic mass is 10.1. The highest BCUT2D eigenvalue weighted by atomic mass is 19.1. The number of halogens is 3. The second kappa shape index (κ2) is 5.24. The van der Waals surface area contributed by atoms with Gasteiger partial charge >= 0.3 is 0 Å². The first-order valence-corrected chi connectivity index (χ1v) is 5.70. The third-order valence-corrected chi connectivity index (χ3v) is 2.76. The van der Waals surface area contributed by atoms with Gasteiger partial charge in [0.2, 0.25) is 0 Å². The largest absolute Gasteiger partial charge is 0.397 e. The van der Waals surface area contributed by atoms with Crippen LogP contribution in [-0.4, -0.2) is 5.91 Å². The Morgan fingerprint density at radius 1 is 1.10 bits per heavy atom. The van der Waals surface area contributed by atoms with Gasteiger partial charge in [0.1, 0.15) is 17.3 Å². The SMILES string of the molecule is Cc1ccc(C(=O)Nc2c(N)cc(F)cc2F)cc1F. The summed E-state index contributed by atoms with van der Waals surface area (Å²) in [7, 11) is 0. The zero-order valence-corrected chi connectivity index (χ0v) is 10.5. The maximum absolute atomic E-state index is 13.5. The minimum Gasteiger partial charge on any atom is -0.397 e. The van der Waals surface area contributed by atoms with E-state index in [-0.39, 0.29) is 16.9 Å². The number of nitrogen functional groups attached to an aromatic ring is 1. The molecule has 2 rings (SSSR count). The van der Waals surface area contributed by atoms with Crippen molar-refractivity contribution in [2.45, 2.75) is 6.92 Å². The van der Waals surface area contributed by atoms with Gasteiger partial charge in [0, 0.05) is 11.6 Å². The highest BCUT2D eigenvalue weighted by Gasteiger charge is 2.14. The Kier molecular flexibility index (Phi) is 3.65. The van der Waals surface area contributed by atoms with E-state index >= 15 is 0 Å². The third kappa shape index (κ3) is 2.74. The Labute approximate surface area is 113 Å². The van der Waals surface area contributed by atoms with E-state index in [2.05, 4.69) is 5.32 Å². The minimum absolute atomic E-state index is 0.0104. The summed E-state index contributed by atoms with van der Waals surface area (Å²) in [5.41, 5.74) is 5.24. The fourth-order valence-electron chi connectivity index (χ4n) is 1.65. The first-order valence-electron chi connectivity index (χ1n) is 5.70. The van der Waals surface area contributed by atoms with Crippen LogP contribution in [0.4, 0.5) is 24.5 Å². The normalized spacial score (nSPS) is 10.4. The zero-order chi connectivity index (χ0) is 14.9. The molecule has 6 heteroatoms. The molecule has 1 amide bonds. The molecule has 0 saturated heterocycles. The van der Waals surface area contributed by atoms with Gasteiger partial charge in [-0.05, 0) is 30.7 Å². The third-order valence-electron chi connectivity index (χ3n) is 2.76. The molecular formula is C14H11F3N2O. The Bertz CT molecular complexity index is 663. The van der Waals surface area contributed by atoms with E-state index in [0.29, 0.717) is 11.6 Å². The summed E-state index contributed by atoms with van der Waals surface area (Å²) >= 11 is 0. The van der Waals surface area contributed by atoms with Crippen LogP contribution in [0, 0.1) is 24.4 Å². The average Bonchev–Trinajstić information content (AvgIpc) is 2.36.